The van der Waals surface area contributed by atoms with E-state index in [1.165, 1.54) is 0 Å². The Hall–Kier alpha value is -3.76. The van der Waals surface area contributed by atoms with Crippen LogP contribution in [0.25, 0.3) is 32.8 Å². The minimum absolute atomic E-state index is 0.0213. The average Bonchev–Trinajstić information content (AvgIpc) is 3.67. The van der Waals surface area contributed by atoms with Gasteiger partial charge in [-0.05, 0) is 78.7 Å². The van der Waals surface area contributed by atoms with E-state index < -0.39 is 12.0 Å². The molecule has 8 nitrogen and oxygen atoms in total. The van der Waals surface area contributed by atoms with Crippen molar-refractivity contribution in [1.82, 2.24) is 20.2 Å². The van der Waals surface area contributed by atoms with Crippen molar-refractivity contribution in [3.05, 3.63) is 47.8 Å². The van der Waals surface area contributed by atoms with Gasteiger partial charge in [-0.15, -0.1) is 0 Å². The number of nitrogens with zero attached hydrogens (tertiary/aromatic N) is 4. The van der Waals surface area contributed by atoms with Crippen LogP contribution in [0.5, 0.6) is 17.5 Å². The number of piperazine rings is 1. The van der Waals surface area contributed by atoms with Gasteiger partial charge in [0.2, 0.25) is 0 Å². The minimum atomic E-state index is -0.877. The molecule has 10 heteroatoms. The lowest BCUT2D eigenvalue weighted by Crippen LogP contribution is -2.60. The van der Waals surface area contributed by atoms with Gasteiger partial charge in [0.15, 0.2) is 5.82 Å². The van der Waals surface area contributed by atoms with Gasteiger partial charge in [-0.1, -0.05) is 25.1 Å². The molecular formula is C35H37F2N5O3. The summed E-state index contributed by atoms with van der Waals surface area (Å²) in [6, 6.07) is 11.7. The summed E-state index contributed by atoms with van der Waals surface area (Å²) in [7, 11) is 0. The van der Waals surface area contributed by atoms with Crippen molar-refractivity contribution >= 4 is 27.5 Å². The van der Waals surface area contributed by atoms with Crippen molar-refractivity contribution in [2.24, 2.45) is 0 Å². The number of phenolic OH excluding ortho intramolecular Hbond substituents is 1. The quantitative estimate of drug-likeness (QED) is 0.305. The van der Waals surface area contributed by atoms with Crippen LogP contribution in [-0.4, -0.2) is 82.7 Å². The van der Waals surface area contributed by atoms with Crippen LogP contribution in [-0.2, 0) is 6.42 Å². The lowest BCUT2D eigenvalue weighted by molar-refractivity contribution is 0.107. The number of aryl methyl sites for hydroxylation is 1. The van der Waals surface area contributed by atoms with E-state index >= 15 is 4.39 Å². The first-order valence-corrected chi connectivity index (χ1v) is 16.4. The molecule has 0 spiro atoms. The smallest absolute Gasteiger partial charge is 0.319 e. The summed E-state index contributed by atoms with van der Waals surface area (Å²) in [6.45, 7) is 4.77. The van der Waals surface area contributed by atoms with E-state index in [0.717, 1.165) is 61.5 Å². The fraction of sp³-hybridized carbons (Fsp3) is 0.486. The van der Waals surface area contributed by atoms with Gasteiger partial charge >= 0.3 is 6.01 Å². The number of alkyl halides is 1. The molecule has 2 N–H and O–H groups in total. The normalized spacial score (nSPS) is 28.7. The van der Waals surface area contributed by atoms with Crippen molar-refractivity contribution in [2.45, 2.75) is 75.3 Å². The van der Waals surface area contributed by atoms with Gasteiger partial charge in [-0.25, -0.2) is 8.78 Å². The molecule has 45 heavy (non-hydrogen) atoms. The van der Waals surface area contributed by atoms with Gasteiger partial charge in [0, 0.05) is 37.2 Å². The fourth-order valence-corrected chi connectivity index (χ4v) is 8.95. The Bertz CT molecular complexity index is 1850. The number of hydrogen-bond donors (Lipinski definition) is 2. The summed E-state index contributed by atoms with van der Waals surface area (Å²) in [6.07, 6.45) is 4.28. The molecule has 9 rings (SSSR count). The van der Waals surface area contributed by atoms with Crippen LogP contribution in [0.15, 0.2) is 36.4 Å². The maximum atomic E-state index is 17.1. The highest BCUT2D eigenvalue weighted by Gasteiger charge is 2.50. The third-order valence-electron chi connectivity index (χ3n) is 11.0. The number of benzene rings is 3. The predicted octanol–water partition coefficient (Wildman–Crippen LogP) is 5.51. The molecule has 2 bridgehead atoms. The van der Waals surface area contributed by atoms with Crippen LogP contribution in [0.3, 0.4) is 0 Å². The van der Waals surface area contributed by atoms with E-state index in [4.69, 9.17) is 19.4 Å². The second-order valence-corrected chi connectivity index (χ2v) is 13.6. The second kappa shape index (κ2) is 10.1. The fourth-order valence-electron chi connectivity index (χ4n) is 8.95. The number of anilines is 1. The van der Waals surface area contributed by atoms with Crippen LogP contribution < -0.4 is 19.7 Å². The maximum Gasteiger partial charge on any atom is 0.319 e. The zero-order valence-electron chi connectivity index (χ0n) is 25.4. The van der Waals surface area contributed by atoms with E-state index in [9.17, 15) is 9.50 Å². The summed E-state index contributed by atoms with van der Waals surface area (Å²) in [5.74, 6) is 0.703. The SMILES string of the molecule is CCc1cccc2cc(O)cc(-c3cc4c5c(nc(OC[C@@]67CCCN6C[C@@H](F)C7)nc5c3F)N3CC5CCC(N5)[C@H]3CO4)c12. The number of fused-ring (bicyclic) bond motifs is 7. The first-order valence-electron chi connectivity index (χ1n) is 16.4. The third-order valence-corrected chi connectivity index (χ3v) is 11.0. The number of rotatable bonds is 5. The van der Waals surface area contributed by atoms with Gasteiger partial charge in [0.25, 0.3) is 0 Å². The molecule has 0 amide bonds. The molecule has 4 fully saturated rings. The average molecular weight is 614 g/mol. The molecule has 0 saturated carbocycles. The maximum absolute atomic E-state index is 17.1. The highest BCUT2D eigenvalue weighted by Crippen LogP contribution is 2.47. The first-order chi connectivity index (χ1) is 21.9. The number of nitrogens with one attached hydrogen (secondary N) is 1. The van der Waals surface area contributed by atoms with Gasteiger partial charge in [-0.2, -0.15) is 9.97 Å². The van der Waals surface area contributed by atoms with Crippen LogP contribution in [0, 0.1) is 5.82 Å². The van der Waals surface area contributed by atoms with E-state index in [-0.39, 0.29) is 41.5 Å². The summed E-state index contributed by atoms with van der Waals surface area (Å²) in [5, 5.41) is 16.7. The molecule has 2 unspecified atom stereocenters. The number of aromatic hydroxyl groups is 1. The zero-order chi connectivity index (χ0) is 30.4. The van der Waals surface area contributed by atoms with Crippen LogP contribution >= 0.6 is 0 Å². The van der Waals surface area contributed by atoms with E-state index in [1.807, 2.05) is 18.2 Å². The molecule has 6 heterocycles. The van der Waals surface area contributed by atoms with Gasteiger partial charge in [0.1, 0.15) is 42.2 Å². The molecule has 5 aliphatic heterocycles. The van der Waals surface area contributed by atoms with E-state index in [1.54, 1.807) is 18.2 Å². The standard InChI is InChI=1S/C35H37F2N5O3/c1-2-19-5-3-6-20-11-23(43)12-24(29(19)20)25-13-28-30-32(31(25)37)39-34(45-18-35-9-4-10-41(35)15-21(36)14-35)40-33(30)42-16-22-7-8-26(38-22)27(42)17-44-28/h3,5-6,11-13,21-22,26-27,38,43H,2,4,7-10,14-18H2,1H3/t21-,22?,26?,27+,35-/m0/s1. The van der Waals surface area contributed by atoms with E-state index in [2.05, 4.69) is 22.0 Å². The Morgan fingerprint density at radius 3 is 2.93 bits per heavy atom. The molecule has 5 aliphatic rings. The summed E-state index contributed by atoms with van der Waals surface area (Å²) in [5.41, 5.74) is 1.71. The van der Waals surface area contributed by atoms with Crippen molar-refractivity contribution in [3.63, 3.8) is 0 Å². The largest absolute Gasteiger partial charge is 0.508 e. The molecule has 4 aromatic rings. The van der Waals surface area contributed by atoms with Crippen molar-refractivity contribution in [1.29, 1.82) is 0 Å². The zero-order valence-corrected chi connectivity index (χ0v) is 25.4. The van der Waals surface area contributed by atoms with Crippen molar-refractivity contribution in [2.75, 3.05) is 37.7 Å². The Balaban J connectivity index is 1.24. The number of halogens is 2. The third kappa shape index (κ3) is 4.21. The summed E-state index contributed by atoms with van der Waals surface area (Å²) in [4.78, 5) is 14.1. The Kier molecular flexibility index (Phi) is 6.20. The highest BCUT2D eigenvalue weighted by atomic mass is 19.1. The Labute approximate surface area is 260 Å². The second-order valence-electron chi connectivity index (χ2n) is 13.6. The summed E-state index contributed by atoms with van der Waals surface area (Å²) < 4.78 is 44.5. The molecule has 4 saturated heterocycles. The molecule has 3 aromatic carbocycles. The van der Waals surface area contributed by atoms with Crippen molar-refractivity contribution < 1.29 is 23.4 Å². The van der Waals surface area contributed by atoms with Crippen LogP contribution in [0.4, 0.5) is 14.6 Å². The summed E-state index contributed by atoms with van der Waals surface area (Å²) >= 11 is 0. The molecule has 0 radical (unpaired) electrons. The van der Waals surface area contributed by atoms with Crippen LogP contribution in [0.2, 0.25) is 0 Å². The number of aromatic nitrogens is 2. The topological polar surface area (TPSA) is 83.0 Å². The number of hydrogen-bond acceptors (Lipinski definition) is 8. The molecular weight excluding hydrogens is 576 g/mol. The molecule has 234 valence electrons. The highest BCUT2D eigenvalue weighted by molar-refractivity contribution is 6.05. The number of phenols is 1. The Morgan fingerprint density at radius 1 is 1.13 bits per heavy atom. The number of ether oxygens (including phenoxy) is 2. The van der Waals surface area contributed by atoms with E-state index in [0.29, 0.717) is 53.7 Å². The molecule has 5 atom stereocenters. The minimum Gasteiger partial charge on any atom is -0.508 e. The van der Waals surface area contributed by atoms with Gasteiger partial charge in [0.05, 0.1) is 17.0 Å². The van der Waals surface area contributed by atoms with Crippen LogP contribution in [0.1, 0.15) is 44.6 Å². The van der Waals surface area contributed by atoms with Crippen molar-refractivity contribution in [3.8, 4) is 28.6 Å². The molecule has 1 aromatic heterocycles. The van der Waals surface area contributed by atoms with Gasteiger partial charge < -0.3 is 24.8 Å². The van der Waals surface area contributed by atoms with Gasteiger partial charge in [-0.3, -0.25) is 4.90 Å². The molecule has 0 aliphatic carbocycles. The predicted molar refractivity (Wildman–Crippen MR) is 169 cm³/mol. The first kappa shape index (κ1) is 27.5. The Morgan fingerprint density at radius 2 is 2.04 bits per heavy atom. The monoisotopic (exact) mass is 613 g/mol. The lowest BCUT2D eigenvalue weighted by Gasteiger charge is -2.40. The lowest BCUT2D eigenvalue weighted by atomic mass is 9.92.